The van der Waals surface area contributed by atoms with E-state index < -0.39 is 0 Å². The third-order valence-corrected chi connectivity index (χ3v) is 3.19. The third-order valence-electron chi connectivity index (χ3n) is 3.19. The lowest BCUT2D eigenvalue weighted by molar-refractivity contribution is 0.111. The summed E-state index contributed by atoms with van der Waals surface area (Å²) in [6, 6.07) is 0. The Bertz CT molecular complexity index is 211. The standard InChI is InChI=1S/C12H21N/c1-4-6-9-13-10-7-8-12(3,5-2)11-13/h5,7-11H2,1-3H3. The van der Waals surface area contributed by atoms with Crippen molar-refractivity contribution < 1.29 is 0 Å². The molecule has 1 heterocycles. The van der Waals surface area contributed by atoms with Crippen molar-refractivity contribution in [1.82, 2.24) is 4.90 Å². The van der Waals surface area contributed by atoms with Gasteiger partial charge in [0.25, 0.3) is 0 Å². The van der Waals surface area contributed by atoms with Gasteiger partial charge in [-0.2, -0.15) is 0 Å². The van der Waals surface area contributed by atoms with Gasteiger partial charge in [0.2, 0.25) is 0 Å². The highest BCUT2D eigenvalue weighted by Gasteiger charge is 2.28. The topological polar surface area (TPSA) is 3.24 Å². The van der Waals surface area contributed by atoms with Crippen LogP contribution in [-0.4, -0.2) is 24.5 Å². The van der Waals surface area contributed by atoms with Gasteiger partial charge in [0, 0.05) is 6.54 Å². The van der Waals surface area contributed by atoms with Gasteiger partial charge in [-0.1, -0.05) is 19.8 Å². The molecule has 1 unspecified atom stereocenters. The number of hydrogen-bond donors (Lipinski definition) is 0. The van der Waals surface area contributed by atoms with Gasteiger partial charge < -0.3 is 0 Å². The molecule has 0 aromatic heterocycles. The lowest BCUT2D eigenvalue weighted by Crippen LogP contribution is -2.41. The van der Waals surface area contributed by atoms with Crippen molar-refractivity contribution in [3.05, 3.63) is 0 Å². The second-order valence-corrected chi connectivity index (χ2v) is 4.41. The summed E-state index contributed by atoms with van der Waals surface area (Å²) in [6.45, 7) is 10.1. The monoisotopic (exact) mass is 179 g/mol. The Kier molecular flexibility index (Phi) is 3.81. The van der Waals surface area contributed by atoms with Gasteiger partial charge in [-0.05, 0) is 38.1 Å². The van der Waals surface area contributed by atoms with Crippen molar-refractivity contribution >= 4 is 0 Å². The van der Waals surface area contributed by atoms with Crippen LogP contribution in [-0.2, 0) is 0 Å². The minimum absolute atomic E-state index is 0.549. The molecule has 0 amide bonds. The van der Waals surface area contributed by atoms with E-state index in [2.05, 4.69) is 30.6 Å². The molecule has 0 bridgehead atoms. The molecule has 1 atom stereocenters. The van der Waals surface area contributed by atoms with E-state index >= 15 is 0 Å². The molecule has 0 aromatic rings. The van der Waals surface area contributed by atoms with E-state index in [0.29, 0.717) is 5.41 Å². The zero-order valence-corrected chi connectivity index (χ0v) is 9.19. The Labute approximate surface area is 82.5 Å². The van der Waals surface area contributed by atoms with E-state index in [1.165, 1.54) is 32.4 Å². The fraction of sp³-hybridized carbons (Fsp3) is 0.833. The summed E-state index contributed by atoms with van der Waals surface area (Å²) in [4.78, 5) is 2.49. The van der Waals surface area contributed by atoms with E-state index in [0.717, 1.165) is 6.54 Å². The summed E-state index contributed by atoms with van der Waals surface area (Å²) in [5.41, 5.74) is 0.549. The van der Waals surface area contributed by atoms with Crippen molar-refractivity contribution in [3.8, 4) is 11.8 Å². The summed E-state index contributed by atoms with van der Waals surface area (Å²) in [5, 5.41) is 0. The first-order valence-electron chi connectivity index (χ1n) is 5.32. The predicted octanol–water partition coefficient (Wildman–Crippen LogP) is 2.52. The minimum Gasteiger partial charge on any atom is -0.292 e. The molecule has 1 rings (SSSR count). The van der Waals surface area contributed by atoms with Gasteiger partial charge in [0.1, 0.15) is 0 Å². The van der Waals surface area contributed by atoms with Gasteiger partial charge in [-0.15, -0.1) is 5.92 Å². The molecule has 1 heteroatoms. The van der Waals surface area contributed by atoms with Crippen LogP contribution in [0.2, 0.25) is 0 Å². The number of rotatable bonds is 2. The average molecular weight is 179 g/mol. The van der Waals surface area contributed by atoms with Crippen molar-refractivity contribution in [1.29, 1.82) is 0 Å². The van der Waals surface area contributed by atoms with Crippen LogP contribution in [0.3, 0.4) is 0 Å². The average Bonchev–Trinajstić information content (AvgIpc) is 2.15. The van der Waals surface area contributed by atoms with Crippen molar-refractivity contribution in [2.75, 3.05) is 19.6 Å². The Morgan fingerprint density at radius 1 is 1.46 bits per heavy atom. The quantitative estimate of drug-likeness (QED) is 0.589. The first-order valence-corrected chi connectivity index (χ1v) is 5.32. The molecule has 1 aliphatic rings. The van der Waals surface area contributed by atoms with Crippen LogP contribution in [0.5, 0.6) is 0 Å². The highest BCUT2D eigenvalue weighted by molar-refractivity contribution is 4.99. The predicted molar refractivity (Wildman–Crippen MR) is 57.5 cm³/mol. The van der Waals surface area contributed by atoms with E-state index in [4.69, 9.17) is 0 Å². The molecule has 0 N–H and O–H groups in total. The van der Waals surface area contributed by atoms with Crippen LogP contribution in [0.15, 0.2) is 0 Å². The van der Waals surface area contributed by atoms with Crippen LogP contribution >= 0.6 is 0 Å². The van der Waals surface area contributed by atoms with Crippen molar-refractivity contribution in [3.63, 3.8) is 0 Å². The lowest BCUT2D eigenvalue weighted by atomic mass is 9.80. The molecule has 1 saturated heterocycles. The van der Waals surface area contributed by atoms with Crippen LogP contribution in [0.25, 0.3) is 0 Å². The summed E-state index contributed by atoms with van der Waals surface area (Å²) in [6.07, 6.45) is 4.03. The Balaban J connectivity index is 2.44. The largest absolute Gasteiger partial charge is 0.292 e. The maximum atomic E-state index is 3.16. The van der Waals surface area contributed by atoms with Gasteiger partial charge in [-0.25, -0.2) is 0 Å². The zero-order valence-electron chi connectivity index (χ0n) is 9.19. The molecular weight excluding hydrogens is 158 g/mol. The fourth-order valence-corrected chi connectivity index (χ4v) is 2.04. The number of nitrogens with zero attached hydrogens (tertiary/aromatic N) is 1. The number of hydrogen-bond acceptors (Lipinski definition) is 1. The molecule has 0 spiro atoms. The van der Waals surface area contributed by atoms with Gasteiger partial charge in [-0.3, -0.25) is 4.90 Å². The summed E-state index contributed by atoms with van der Waals surface area (Å²) in [5.74, 6) is 6.12. The maximum Gasteiger partial charge on any atom is 0.0601 e. The van der Waals surface area contributed by atoms with Crippen molar-refractivity contribution in [2.45, 2.75) is 40.0 Å². The molecule has 13 heavy (non-hydrogen) atoms. The Morgan fingerprint density at radius 3 is 2.85 bits per heavy atom. The molecule has 74 valence electrons. The number of piperidine rings is 1. The maximum absolute atomic E-state index is 3.16. The minimum atomic E-state index is 0.549. The number of likely N-dealkylation sites (tertiary alicyclic amines) is 1. The smallest absolute Gasteiger partial charge is 0.0601 e. The molecule has 0 aliphatic carbocycles. The zero-order chi connectivity index (χ0) is 9.73. The molecule has 0 radical (unpaired) electrons. The van der Waals surface area contributed by atoms with Crippen LogP contribution < -0.4 is 0 Å². The summed E-state index contributed by atoms with van der Waals surface area (Å²) < 4.78 is 0. The molecule has 0 aromatic carbocycles. The molecule has 1 aliphatic heterocycles. The Morgan fingerprint density at radius 2 is 2.23 bits per heavy atom. The van der Waals surface area contributed by atoms with Crippen molar-refractivity contribution in [2.24, 2.45) is 5.41 Å². The molecule has 1 fully saturated rings. The first-order chi connectivity index (χ1) is 6.20. The van der Waals surface area contributed by atoms with E-state index in [-0.39, 0.29) is 0 Å². The summed E-state index contributed by atoms with van der Waals surface area (Å²) >= 11 is 0. The fourth-order valence-electron chi connectivity index (χ4n) is 2.04. The third kappa shape index (κ3) is 3.04. The second-order valence-electron chi connectivity index (χ2n) is 4.41. The van der Waals surface area contributed by atoms with Gasteiger partial charge in [0.05, 0.1) is 6.54 Å². The van der Waals surface area contributed by atoms with Crippen LogP contribution in [0, 0.1) is 17.3 Å². The van der Waals surface area contributed by atoms with Crippen LogP contribution in [0.1, 0.15) is 40.0 Å². The molecular formula is C12H21N. The second kappa shape index (κ2) is 4.67. The van der Waals surface area contributed by atoms with Crippen LogP contribution in [0.4, 0.5) is 0 Å². The molecule has 0 saturated carbocycles. The SMILES string of the molecule is CC#CCN1CCCC(C)(CC)C1. The highest BCUT2D eigenvalue weighted by atomic mass is 15.1. The lowest BCUT2D eigenvalue weighted by Gasteiger charge is -2.39. The van der Waals surface area contributed by atoms with E-state index in [1.54, 1.807) is 0 Å². The normalized spacial score (nSPS) is 29.5. The Hall–Kier alpha value is -0.480. The summed E-state index contributed by atoms with van der Waals surface area (Å²) in [7, 11) is 0. The van der Waals surface area contributed by atoms with Gasteiger partial charge >= 0.3 is 0 Å². The molecule has 1 nitrogen and oxygen atoms in total. The highest BCUT2D eigenvalue weighted by Crippen LogP contribution is 2.32. The van der Waals surface area contributed by atoms with E-state index in [1.807, 2.05) is 6.92 Å². The van der Waals surface area contributed by atoms with Gasteiger partial charge in [0.15, 0.2) is 0 Å². The van der Waals surface area contributed by atoms with E-state index in [9.17, 15) is 0 Å². The first kappa shape index (κ1) is 10.6.